The topological polar surface area (TPSA) is 84.1 Å². The van der Waals surface area contributed by atoms with Crippen LogP contribution in [-0.2, 0) is 4.79 Å². The minimum Gasteiger partial charge on any atom is -0.397 e. The Hall–Kier alpha value is -3.41. The molecule has 1 fully saturated rings. The number of nitrogens with zero attached hydrogens (tertiary/aromatic N) is 3. The zero-order chi connectivity index (χ0) is 17.9. The lowest BCUT2D eigenvalue weighted by molar-refractivity contribution is -0.117. The average Bonchev–Trinajstić information content (AvgIpc) is 3.09. The monoisotopic (exact) mass is 345 g/mol. The van der Waals surface area contributed by atoms with Crippen LogP contribution in [0.2, 0.25) is 0 Å². The molecule has 0 radical (unpaired) electrons. The fraction of sp³-hybridized carbons (Fsp3) is 0.150. The Morgan fingerprint density at radius 1 is 1.00 bits per heavy atom. The van der Waals surface area contributed by atoms with Crippen LogP contribution in [0.25, 0.3) is 11.1 Å². The molecule has 3 heterocycles. The normalized spacial score (nSPS) is 13.8. The Morgan fingerprint density at radius 3 is 2.46 bits per heavy atom. The Morgan fingerprint density at radius 2 is 1.81 bits per heavy atom. The molecule has 0 unspecified atom stereocenters. The van der Waals surface area contributed by atoms with Crippen molar-refractivity contribution in [1.82, 2.24) is 9.97 Å². The number of hydrogen-bond acceptors (Lipinski definition) is 5. The number of aromatic nitrogens is 2. The fourth-order valence-corrected chi connectivity index (χ4v) is 3.07. The zero-order valence-corrected chi connectivity index (χ0v) is 14.2. The summed E-state index contributed by atoms with van der Waals surface area (Å²) in [7, 11) is 0. The number of pyridine rings is 2. The molecule has 0 bridgehead atoms. The summed E-state index contributed by atoms with van der Waals surface area (Å²) in [6.45, 7) is 0.805. The summed E-state index contributed by atoms with van der Waals surface area (Å²) in [6, 6.07) is 13.7. The lowest BCUT2D eigenvalue weighted by Gasteiger charge is -2.16. The largest absolute Gasteiger partial charge is 0.397 e. The number of hydrogen-bond donors (Lipinski definition) is 2. The first kappa shape index (κ1) is 16.1. The average molecular weight is 345 g/mol. The van der Waals surface area contributed by atoms with Gasteiger partial charge < -0.3 is 16.0 Å². The fourth-order valence-electron chi connectivity index (χ4n) is 3.07. The maximum absolute atomic E-state index is 11.8. The highest BCUT2D eigenvalue weighted by atomic mass is 16.2. The summed E-state index contributed by atoms with van der Waals surface area (Å²) in [4.78, 5) is 22.2. The third-order valence-corrected chi connectivity index (χ3v) is 4.38. The van der Waals surface area contributed by atoms with Crippen molar-refractivity contribution < 1.29 is 4.79 Å². The summed E-state index contributed by atoms with van der Waals surface area (Å²) >= 11 is 0. The summed E-state index contributed by atoms with van der Waals surface area (Å²) in [5.41, 5.74) is 10.2. The summed E-state index contributed by atoms with van der Waals surface area (Å²) in [5.74, 6) is 0.923. The minimum atomic E-state index is 0.200. The van der Waals surface area contributed by atoms with E-state index in [9.17, 15) is 4.79 Å². The molecule has 6 heteroatoms. The molecule has 0 aliphatic carbocycles. The number of nitrogen functional groups attached to an aromatic ring is 1. The quantitative estimate of drug-likeness (QED) is 0.755. The number of carbonyl (C=O) groups excluding carboxylic acids is 1. The van der Waals surface area contributed by atoms with Crippen molar-refractivity contribution in [2.45, 2.75) is 12.8 Å². The van der Waals surface area contributed by atoms with Crippen molar-refractivity contribution in [3.8, 4) is 11.1 Å². The second-order valence-electron chi connectivity index (χ2n) is 6.26. The van der Waals surface area contributed by atoms with Gasteiger partial charge in [-0.05, 0) is 42.3 Å². The first-order chi connectivity index (χ1) is 12.7. The van der Waals surface area contributed by atoms with Crippen LogP contribution in [0.4, 0.5) is 22.9 Å². The van der Waals surface area contributed by atoms with Gasteiger partial charge in [-0.1, -0.05) is 12.1 Å². The summed E-state index contributed by atoms with van der Waals surface area (Å²) in [6.07, 6.45) is 6.69. The van der Waals surface area contributed by atoms with E-state index >= 15 is 0 Å². The highest BCUT2D eigenvalue weighted by Gasteiger charge is 2.21. The van der Waals surface area contributed by atoms with Gasteiger partial charge in [0.1, 0.15) is 5.82 Å². The van der Waals surface area contributed by atoms with E-state index in [0.717, 1.165) is 41.3 Å². The van der Waals surface area contributed by atoms with Gasteiger partial charge >= 0.3 is 0 Å². The molecule has 3 N–H and O–H groups in total. The molecule has 3 aromatic rings. The van der Waals surface area contributed by atoms with Crippen molar-refractivity contribution in [2.24, 2.45) is 0 Å². The minimum absolute atomic E-state index is 0.200. The number of nitrogens with one attached hydrogen (secondary N) is 1. The summed E-state index contributed by atoms with van der Waals surface area (Å²) < 4.78 is 0. The number of amides is 1. The lowest BCUT2D eigenvalue weighted by atomic mass is 10.1. The van der Waals surface area contributed by atoms with E-state index in [4.69, 9.17) is 5.73 Å². The van der Waals surface area contributed by atoms with E-state index in [1.54, 1.807) is 18.5 Å². The van der Waals surface area contributed by atoms with Gasteiger partial charge in [0.25, 0.3) is 0 Å². The Labute approximate surface area is 151 Å². The van der Waals surface area contributed by atoms with Gasteiger partial charge in [-0.25, -0.2) is 4.98 Å². The van der Waals surface area contributed by atoms with E-state index in [2.05, 4.69) is 15.3 Å². The number of benzene rings is 1. The van der Waals surface area contributed by atoms with E-state index in [1.165, 1.54) is 0 Å². The molecule has 26 heavy (non-hydrogen) atoms. The van der Waals surface area contributed by atoms with Crippen LogP contribution in [0, 0.1) is 0 Å². The van der Waals surface area contributed by atoms with Crippen LogP contribution < -0.4 is 16.0 Å². The molecule has 1 amide bonds. The van der Waals surface area contributed by atoms with Crippen LogP contribution in [0.1, 0.15) is 12.8 Å². The van der Waals surface area contributed by atoms with E-state index in [-0.39, 0.29) is 5.91 Å². The van der Waals surface area contributed by atoms with Gasteiger partial charge in [0.15, 0.2) is 0 Å². The van der Waals surface area contributed by atoms with E-state index in [0.29, 0.717) is 12.1 Å². The third-order valence-electron chi connectivity index (χ3n) is 4.38. The van der Waals surface area contributed by atoms with Gasteiger partial charge in [0.05, 0.1) is 17.6 Å². The molecule has 6 nitrogen and oxygen atoms in total. The molecule has 2 aromatic heterocycles. The van der Waals surface area contributed by atoms with Crippen molar-refractivity contribution in [1.29, 1.82) is 0 Å². The van der Waals surface area contributed by atoms with Crippen LogP contribution in [-0.4, -0.2) is 22.4 Å². The number of carbonyl (C=O) groups is 1. The number of anilines is 4. The third kappa shape index (κ3) is 3.35. The Bertz CT molecular complexity index is 922. The predicted octanol–water partition coefficient (Wildman–Crippen LogP) is 3.60. The van der Waals surface area contributed by atoms with Gasteiger partial charge in [-0.3, -0.25) is 9.78 Å². The van der Waals surface area contributed by atoms with Crippen molar-refractivity contribution in [3.05, 3.63) is 61.1 Å². The first-order valence-electron chi connectivity index (χ1n) is 8.53. The van der Waals surface area contributed by atoms with Crippen LogP contribution >= 0.6 is 0 Å². The van der Waals surface area contributed by atoms with Gasteiger partial charge in [0, 0.05) is 36.6 Å². The van der Waals surface area contributed by atoms with Gasteiger partial charge in [-0.15, -0.1) is 0 Å². The first-order valence-corrected chi connectivity index (χ1v) is 8.53. The molecular weight excluding hydrogens is 326 g/mol. The van der Waals surface area contributed by atoms with Crippen LogP contribution in [0.15, 0.2) is 61.1 Å². The molecule has 0 saturated carbocycles. The molecule has 130 valence electrons. The van der Waals surface area contributed by atoms with Crippen molar-refractivity contribution in [3.63, 3.8) is 0 Å². The Kier molecular flexibility index (Phi) is 4.23. The molecule has 1 aromatic carbocycles. The van der Waals surface area contributed by atoms with E-state index < -0.39 is 0 Å². The lowest BCUT2D eigenvalue weighted by Crippen LogP contribution is -2.23. The van der Waals surface area contributed by atoms with Crippen LogP contribution in [0.3, 0.4) is 0 Å². The van der Waals surface area contributed by atoms with Crippen LogP contribution in [0.5, 0.6) is 0 Å². The van der Waals surface area contributed by atoms with E-state index in [1.807, 2.05) is 47.5 Å². The summed E-state index contributed by atoms with van der Waals surface area (Å²) in [5, 5.41) is 3.18. The SMILES string of the molecule is Nc1cncc(Nc2ccc(-c3ccc(N4CCCC4=O)cc3)cn2)c1. The standard InChI is InChI=1S/C20H19N5O/c21-16-10-17(13-22-12-16)24-19-8-5-15(11-23-19)14-3-6-18(7-4-14)25-9-1-2-20(25)26/h3-8,10-13H,1-2,9,21H2,(H,23,24). The smallest absolute Gasteiger partial charge is 0.227 e. The molecule has 0 spiro atoms. The molecule has 1 aliphatic heterocycles. The second kappa shape index (κ2) is 6.84. The maximum atomic E-state index is 11.8. The maximum Gasteiger partial charge on any atom is 0.227 e. The molecule has 0 atom stereocenters. The molecule has 1 saturated heterocycles. The highest BCUT2D eigenvalue weighted by molar-refractivity contribution is 5.95. The Balaban J connectivity index is 1.49. The highest BCUT2D eigenvalue weighted by Crippen LogP contribution is 2.26. The number of rotatable bonds is 4. The van der Waals surface area contributed by atoms with Crippen molar-refractivity contribution in [2.75, 3.05) is 22.5 Å². The second-order valence-corrected chi connectivity index (χ2v) is 6.26. The van der Waals surface area contributed by atoms with Crippen molar-refractivity contribution >= 4 is 28.8 Å². The van der Waals surface area contributed by atoms with Gasteiger partial charge in [-0.2, -0.15) is 0 Å². The molecular formula is C20H19N5O. The zero-order valence-electron chi connectivity index (χ0n) is 14.2. The number of nitrogens with two attached hydrogens (primary N) is 1. The van der Waals surface area contributed by atoms with Gasteiger partial charge in [0.2, 0.25) is 5.91 Å². The predicted molar refractivity (Wildman–Crippen MR) is 103 cm³/mol. The molecule has 1 aliphatic rings. The molecule has 4 rings (SSSR count).